The average Bonchev–Trinajstić information content (AvgIpc) is 1.63. The molecule has 0 aliphatic heterocycles. The van der Waals surface area contributed by atoms with Gasteiger partial charge >= 0.3 is 46.4 Å². The Kier molecular flexibility index (Phi) is 16.1. The Morgan fingerprint density at radius 1 is 1.36 bits per heavy atom. The number of halogens is 1. The zero-order chi connectivity index (χ0) is 7.33. The van der Waals surface area contributed by atoms with Crippen molar-refractivity contribution in [3.05, 3.63) is 0 Å². The minimum absolute atomic E-state index is 0. The zero-order valence-electron chi connectivity index (χ0n) is 7.21. The van der Waals surface area contributed by atoms with Crippen LogP contribution in [-0.2, 0) is 9.09 Å². The summed E-state index contributed by atoms with van der Waals surface area (Å²) in [6, 6.07) is 0. The zero-order valence-corrected chi connectivity index (χ0v) is 11.1. The van der Waals surface area contributed by atoms with Crippen molar-refractivity contribution >= 4 is 46.4 Å². The van der Waals surface area contributed by atoms with Crippen molar-refractivity contribution in [3.8, 4) is 0 Å². The fourth-order valence-electron chi connectivity index (χ4n) is 0.352. The number of likely N-dealkylation sites (N-methyl/N-ethyl adjacent to an activating group) is 1. The molecule has 0 aliphatic rings. The third-order valence-electron chi connectivity index (χ3n) is 0.906. The molecular formula is C5H13CaClNO2P+2. The largest absolute Gasteiger partial charge is 2.00 e. The molecule has 11 heavy (non-hydrogen) atoms. The molecule has 0 aliphatic carbocycles. The summed E-state index contributed by atoms with van der Waals surface area (Å²) in [5.74, 6) is 0. The summed E-state index contributed by atoms with van der Waals surface area (Å²) in [6.45, 7) is 1.43. The maximum Gasteiger partial charge on any atom is 2.00 e. The van der Waals surface area contributed by atoms with E-state index in [1.807, 2.05) is 0 Å². The number of nitrogens with zero attached hydrogens (tertiary/aromatic N) is 1. The van der Waals surface area contributed by atoms with Gasteiger partial charge in [-0.1, -0.05) is 0 Å². The Morgan fingerprint density at radius 3 is 2.09 bits per heavy atom. The van der Waals surface area contributed by atoms with Gasteiger partial charge in [0.2, 0.25) is 0 Å². The Morgan fingerprint density at radius 2 is 1.82 bits per heavy atom. The predicted molar refractivity (Wildman–Crippen MR) is 42.2 cm³/mol. The standard InChI is InChI=1S/C5H13NO2P.Ca.ClH/c1-6(2,3)4-5-8-9-7;;/h4-5H2,1-3H3;;1H/q+1;+2;/p-1. The molecule has 0 aromatic heterocycles. The minimum Gasteiger partial charge on any atom is -1.00 e. The third-order valence-corrected chi connectivity index (χ3v) is 1.19. The molecular weight excluding hydrogens is 213 g/mol. The molecule has 0 amide bonds. The number of hydrogen-bond donors (Lipinski definition) is 0. The van der Waals surface area contributed by atoms with E-state index < -0.39 is 0 Å². The molecule has 3 nitrogen and oxygen atoms in total. The second-order valence-corrected chi connectivity index (χ2v) is 3.33. The van der Waals surface area contributed by atoms with Crippen LogP contribution in [0.25, 0.3) is 0 Å². The van der Waals surface area contributed by atoms with Crippen LogP contribution in [0.3, 0.4) is 0 Å². The first-order chi connectivity index (χ1) is 4.06. The van der Waals surface area contributed by atoms with Gasteiger partial charge < -0.3 is 16.9 Å². The van der Waals surface area contributed by atoms with Gasteiger partial charge in [0.15, 0.2) is 0 Å². The fraction of sp³-hybridized carbons (Fsp3) is 1.00. The van der Waals surface area contributed by atoms with Crippen molar-refractivity contribution in [1.29, 1.82) is 0 Å². The second-order valence-electron chi connectivity index (χ2n) is 2.92. The Bertz CT molecular complexity index is 99.0. The normalized spacial score (nSPS) is 10.1. The first-order valence-corrected chi connectivity index (χ1v) is 3.54. The summed E-state index contributed by atoms with van der Waals surface area (Å²) in [5, 5.41) is 0. The summed E-state index contributed by atoms with van der Waals surface area (Å²) in [6.07, 6.45) is 0. The molecule has 0 radical (unpaired) electrons. The van der Waals surface area contributed by atoms with Crippen LogP contribution in [0.5, 0.6) is 0 Å². The van der Waals surface area contributed by atoms with Gasteiger partial charge in [-0.05, 0) is 0 Å². The molecule has 0 unspecified atom stereocenters. The van der Waals surface area contributed by atoms with Gasteiger partial charge in [-0.25, -0.2) is 4.57 Å². The van der Waals surface area contributed by atoms with Crippen LogP contribution in [0.1, 0.15) is 0 Å². The van der Waals surface area contributed by atoms with Crippen LogP contribution in [-0.4, -0.2) is 76.5 Å². The van der Waals surface area contributed by atoms with Gasteiger partial charge in [0, 0.05) is 0 Å². The van der Waals surface area contributed by atoms with E-state index in [1.54, 1.807) is 0 Å². The molecule has 0 rings (SSSR count). The van der Waals surface area contributed by atoms with E-state index in [-0.39, 0.29) is 58.8 Å². The smallest absolute Gasteiger partial charge is 1.00 e. The molecule has 0 aromatic rings. The molecule has 0 saturated heterocycles. The van der Waals surface area contributed by atoms with E-state index in [0.717, 1.165) is 11.0 Å². The van der Waals surface area contributed by atoms with E-state index in [4.69, 9.17) is 0 Å². The summed E-state index contributed by atoms with van der Waals surface area (Å²) in [4.78, 5) is 0. The SMILES string of the molecule is C[N+](C)(C)CCOP=O.[Ca+2].[Cl-]. The Balaban J connectivity index is -0.000000320. The van der Waals surface area contributed by atoms with E-state index in [9.17, 15) is 4.57 Å². The van der Waals surface area contributed by atoms with Crippen molar-refractivity contribution in [2.75, 3.05) is 34.3 Å². The molecule has 0 atom stereocenters. The summed E-state index contributed by atoms with van der Waals surface area (Å²) in [5.41, 5.74) is 0. The molecule has 62 valence electrons. The van der Waals surface area contributed by atoms with Crippen LogP contribution in [0.15, 0.2) is 0 Å². The summed E-state index contributed by atoms with van der Waals surface area (Å²) < 4.78 is 15.2. The van der Waals surface area contributed by atoms with Crippen molar-refractivity contribution in [3.63, 3.8) is 0 Å². The van der Waals surface area contributed by atoms with Gasteiger partial charge in [0.05, 0.1) is 21.1 Å². The van der Waals surface area contributed by atoms with Gasteiger partial charge in [-0.15, -0.1) is 0 Å². The molecule has 0 bridgehead atoms. The third kappa shape index (κ3) is 18.5. The van der Waals surface area contributed by atoms with Gasteiger partial charge in [-0.3, -0.25) is 4.52 Å². The van der Waals surface area contributed by atoms with E-state index in [1.165, 1.54) is 0 Å². The fourth-order valence-corrected chi connectivity index (χ4v) is 0.508. The maximum atomic E-state index is 9.76. The second kappa shape index (κ2) is 9.66. The van der Waals surface area contributed by atoms with Crippen LogP contribution in [0, 0.1) is 0 Å². The topological polar surface area (TPSA) is 26.3 Å². The predicted octanol–water partition coefficient (Wildman–Crippen LogP) is -2.46. The summed E-state index contributed by atoms with van der Waals surface area (Å²) >= 11 is 0. The van der Waals surface area contributed by atoms with Gasteiger partial charge in [-0.2, -0.15) is 0 Å². The summed E-state index contributed by atoms with van der Waals surface area (Å²) in [7, 11) is 5.96. The molecule has 0 aromatic carbocycles. The average molecular weight is 226 g/mol. The number of hydrogen-bond acceptors (Lipinski definition) is 2. The first kappa shape index (κ1) is 18.4. The number of quaternary nitrogens is 1. The van der Waals surface area contributed by atoms with Crippen molar-refractivity contribution in [2.24, 2.45) is 0 Å². The quantitative estimate of drug-likeness (QED) is 0.230. The van der Waals surface area contributed by atoms with Crippen LogP contribution >= 0.6 is 8.69 Å². The van der Waals surface area contributed by atoms with Crippen molar-refractivity contribution < 1.29 is 26.0 Å². The molecule has 6 heteroatoms. The van der Waals surface area contributed by atoms with Crippen LogP contribution < -0.4 is 12.4 Å². The van der Waals surface area contributed by atoms with Crippen molar-refractivity contribution in [2.45, 2.75) is 0 Å². The molecule has 0 spiro atoms. The van der Waals surface area contributed by atoms with Gasteiger partial charge in [0.25, 0.3) is 0 Å². The Labute approximate surface area is 106 Å². The van der Waals surface area contributed by atoms with Crippen LogP contribution in [0.2, 0.25) is 0 Å². The molecule has 0 N–H and O–H groups in total. The maximum absolute atomic E-state index is 9.76. The Hall–Kier alpha value is 1.57. The van der Waals surface area contributed by atoms with Gasteiger partial charge in [0.1, 0.15) is 13.2 Å². The molecule has 0 heterocycles. The number of rotatable bonds is 4. The van der Waals surface area contributed by atoms with E-state index in [2.05, 4.69) is 25.7 Å². The monoisotopic (exact) mass is 225 g/mol. The minimum atomic E-state index is -0.217. The van der Waals surface area contributed by atoms with Crippen molar-refractivity contribution in [1.82, 2.24) is 0 Å². The van der Waals surface area contributed by atoms with Crippen LogP contribution in [0.4, 0.5) is 0 Å². The first-order valence-electron chi connectivity index (χ1n) is 2.81. The van der Waals surface area contributed by atoms with E-state index in [0.29, 0.717) is 6.61 Å². The van der Waals surface area contributed by atoms with E-state index >= 15 is 0 Å². The molecule has 0 saturated carbocycles. The molecule has 0 fully saturated rings.